The van der Waals surface area contributed by atoms with E-state index in [-0.39, 0.29) is 6.04 Å². The Morgan fingerprint density at radius 1 is 1.10 bits per heavy atom. The molecule has 0 amide bonds. The fraction of sp³-hybridized carbons (Fsp3) is 0.647. The fourth-order valence-corrected chi connectivity index (χ4v) is 3.67. The molecule has 2 atom stereocenters. The Kier molecular flexibility index (Phi) is 4.71. The second-order valence-electron chi connectivity index (χ2n) is 6.29. The predicted molar refractivity (Wildman–Crippen MR) is 83.6 cm³/mol. The van der Waals surface area contributed by atoms with Crippen LogP contribution < -0.4 is 5.73 Å². The van der Waals surface area contributed by atoms with Crippen LogP contribution in [0.25, 0.3) is 0 Å². The lowest BCUT2D eigenvalue weighted by Crippen LogP contribution is -2.37. The Morgan fingerprint density at radius 3 is 2.75 bits per heavy atom. The van der Waals surface area contributed by atoms with Crippen molar-refractivity contribution in [1.29, 1.82) is 0 Å². The van der Waals surface area contributed by atoms with Gasteiger partial charge in [0.25, 0.3) is 0 Å². The molecular weight excluding hydrogens is 246 g/mol. The van der Waals surface area contributed by atoms with Crippen molar-refractivity contribution in [2.75, 3.05) is 32.7 Å². The third-order valence-electron chi connectivity index (χ3n) is 4.87. The van der Waals surface area contributed by atoms with Crippen LogP contribution in [-0.2, 0) is 0 Å². The smallest absolute Gasteiger partial charge is 0.0307 e. The van der Waals surface area contributed by atoms with Crippen molar-refractivity contribution in [1.82, 2.24) is 9.80 Å². The number of nitrogens with zero attached hydrogens (tertiary/aromatic N) is 2. The second kappa shape index (κ2) is 6.70. The van der Waals surface area contributed by atoms with Gasteiger partial charge in [0.2, 0.25) is 0 Å². The molecule has 2 fully saturated rings. The zero-order valence-electron chi connectivity index (χ0n) is 12.4. The van der Waals surface area contributed by atoms with E-state index in [1.54, 1.807) is 0 Å². The van der Waals surface area contributed by atoms with Gasteiger partial charge in [0.15, 0.2) is 0 Å². The van der Waals surface area contributed by atoms with Gasteiger partial charge in [-0.15, -0.1) is 0 Å². The lowest BCUT2D eigenvalue weighted by atomic mass is 10.0. The van der Waals surface area contributed by atoms with Gasteiger partial charge in [0.05, 0.1) is 0 Å². The number of benzene rings is 1. The summed E-state index contributed by atoms with van der Waals surface area (Å²) in [6, 6.07) is 11.5. The number of hydrogen-bond donors (Lipinski definition) is 1. The standard InChI is InChI=1S/C17H27N3/c18-17(15-6-2-1-3-7-15)9-13-19-10-5-12-20-11-4-8-16(20)14-19/h1-3,6-7,16-17H,4-5,8-14,18H2. The summed E-state index contributed by atoms with van der Waals surface area (Å²) >= 11 is 0. The third kappa shape index (κ3) is 3.40. The summed E-state index contributed by atoms with van der Waals surface area (Å²) in [5.74, 6) is 0. The van der Waals surface area contributed by atoms with E-state index in [9.17, 15) is 0 Å². The summed E-state index contributed by atoms with van der Waals surface area (Å²) < 4.78 is 0. The first-order valence-corrected chi connectivity index (χ1v) is 8.10. The molecule has 0 saturated carbocycles. The topological polar surface area (TPSA) is 32.5 Å². The fourth-order valence-electron chi connectivity index (χ4n) is 3.67. The van der Waals surface area contributed by atoms with Crippen molar-refractivity contribution in [3.05, 3.63) is 35.9 Å². The molecule has 0 aromatic heterocycles. The van der Waals surface area contributed by atoms with Crippen LogP contribution in [0.3, 0.4) is 0 Å². The molecule has 2 unspecified atom stereocenters. The number of fused-ring (bicyclic) bond motifs is 1. The van der Waals surface area contributed by atoms with Crippen molar-refractivity contribution in [3.8, 4) is 0 Å². The van der Waals surface area contributed by atoms with Gasteiger partial charge >= 0.3 is 0 Å². The molecule has 0 radical (unpaired) electrons. The molecule has 20 heavy (non-hydrogen) atoms. The van der Waals surface area contributed by atoms with Crippen LogP contribution in [0.15, 0.2) is 30.3 Å². The summed E-state index contributed by atoms with van der Waals surface area (Å²) in [6.45, 7) is 6.25. The van der Waals surface area contributed by atoms with E-state index in [0.29, 0.717) is 0 Å². The van der Waals surface area contributed by atoms with Gasteiger partial charge in [-0.1, -0.05) is 30.3 Å². The van der Waals surface area contributed by atoms with E-state index < -0.39 is 0 Å². The van der Waals surface area contributed by atoms with Crippen LogP contribution >= 0.6 is 0 Å². The molecule has 1 aromatic rings. The number of nitrogens with two attached hydrogens (primary N) is 1. The highest BCUT2D eigenvalue weighted by molar-refractivity contribution is 5.18. The van der Waals surface area contributed by atoms with E-state index in [1.807, 2.05) is 0 Å². The zero-order chi connectivity index (χ0) is 13.8. The summed E-state index contributed by atoms with van der Waals surface area (Å²) in [4.78, 5) is 5.33. The molecule has 3 heteroatoms. The summed E-state index contributed by atoms with van der Waals surface area (Å²) in [7, 11) is 0. The Balaban J connectivity index is 1.50. The molecule has 1 aromatic carbocycles. The highest BCUT2D eigenvalue weighted by atomic mass is 15.3. The Morgan fingerprint density at radius 2 is 1.90 bits per heavy atom. The first-order valence-electron chi connectivity index (χ1n) is 8.10. The predicted octanol–water partition coefficient (Wildman–Crippen LogP) is 2.25. The maximum atomic E-state index is 6.32. The van der Waals surface area contributed by atoms with Crippen LogP contribution in [0, 0.1) is 0 Å². The molecule has 0 spiro atoms. The first-order chi connectivity index (χ1) is 9.83. The molecule has 2 aliphatic rings. The van der Waals surface area contributed by atoms with Crippen LogP contribution in [-0.4, -0.2) is 48.6 Å². The minimum Gasteiger partial charge on any atom is -0.324 e. The minimum atomic E-state index is 0.180. The summed E-state index contributed by atoms with van der Waals surface area (Å²) in [5, 5.41) is 0. The largest absolute Gasteiger partial charge is 0.324 e. The van der Waals surface area contributed by atoms with Crippen molar-refractivity contribution in [2.24, 2.45) is 5.73 Å². The quantitative estimate of drug-likeness (QED) is 0.913. The van der Waals surface area contributed by atoms with Gasteiger partial charge in [0, 0.05) is 25.2 Å². The molecule has 2 heterocycles. The van der Waals surface area contributed by atoms with E-state index in [2.05, 4.69) is 40.1 Å². The maximum absolute atomic E-state index is 6.32. The molecule has 3 nitrogen and oxygen atoms in total. The molecular formula is C17H27N3. The molecule has 2 aliphatic heterocycles. The van der Waals surface area contributed by atoms with Crippen LogP contribution in [0.2, 0.25) is 0 Å². The summed E-state index contributed by atoms with van der Waals surface area (Å²) in [5.41, 5.74) is 7.59. The molecule has 2 saturated heterocycles. The second-order valence-corrected chi connectivity index (χ2v) is 6.29. The Bertz CT molecular complexity index is 406. The molecule has 0 bridgehead atoms. The lowest BCUT2D eigenvalue weighted by Gasteiger charge is -2.26. The van der Waals surface area contributed by atoms with Gasteiger partial charge < -0.3 is 10.6 Å². The molecule has 0 aliphatic carbocycles. The zero-order valence-corrected chi connectivity index (χ0v) is 12.4. The Labute approximate surface area is 122 Å². The lowest BCUT2D eigenvalue weighted by molar-refractivity contribution is 0.216. The van der Waals surface area contributed by atoms with Gasteiger partial charge in [-0.2, -0.15) is 0 Å². The average molecular weight is 273 g/mol. The molecule has 2 N–H and O–H groups in total. The van der Waals surface area contributed by atoms with Gasteiger partial charge in [-0.25, -0.2) is 0 Å². The normalized spacial score (nSPS) is 26.1. The molecule has 110 valence electrons. The molecule has 3 rings (SSSR count). The average Bonchev–Trinajstić information content (AvgIpc) is 2.83. The third-order valence-corrected chi connectivity index (χ3v) is 4.87. The maximum Gasteiger partial charge on any atom is 0.0307 e. The van der Waals surface area contributed by atoms with Crippen molar-refractivity contribution >= 4 is 0 Å². The van der Waals surface area contributed by atoms with Gasteiger partial charge in [0.1, 0.15) is 0 Å². The summed E-state index contributed by atoms with van der Waals surface area (Å²) in [6.07, 6.45) is 5.16. The van der Waals surface area contributed by atoms with Crippen LogP contribution in [0.1, 0.15) is 37.3 Å². The van der Waals surface area contributed by atoms with E-state index in [0.717, 1.165) is 19.0 Å². The number of hydrogen-bond acceptors (Lipinski definition) is 3. The SMILES string of the molecule is NC(CCN1CCCN2CCCC2C1)c1ccccc1. The van der Waals surface area contributed by atoms with E-state index in [1.165, 1.54) is 51.0 Å². The highest BCUT2D eigenvalue weighted by Gasteiger charge is 2.28. The van der Waals surface area contributed by atoms with Gasteiger partial charge in [-0.3, -0.25) is 4.90 Å². The van der Waals surface area contributed by atoms with Crippen LogP contribution in [0.5, 0.6) is 0 Å². The number of rotatable bonds is 4. The first kappa shape index (κ1) is 14.1. The van der Waals surface area contributed by atoms with Crippen molar-refractivity contribution in [3.63, 3.8) is 0 Å². The Hall–Kier alpha value is -0.900. The monoisotopic (exact) mass is 273 g/mol. The van der Waals surface area contributed by atoms with E-state index >= 15 is 0 Å². The van der Waals surface area contributed by atoms with Gasteiger partial charge in [-0.05, 0) is 50.9 Å². The highest BCUT2D eigenvalue weighted by Crippen LogP contribution is 2.22. The minimum absolute atomic E-state index is 0.180. The van der Waals surface area contributed by atoms with Crippen molar-refractivity contribution in [2.45, 2.75) is 37.8 Å². The van der Waals surface area contributed by atoms with E-state index in [4.69, 9.17) is 5.73 Å². The van der Waals surface area contributed by atoms with Crippen LogP contribution in [0.4, 0.5) is 0 Å². The van der Waals surface area contributed by atoms with Crippen molar-refractivity contribution < 1.29 is 0 Å².